The zero-order chi connectivity index (χ0) is 18.0. The van der Waals surface area contributed by atoms with Crippen molar-refractivity contribution in [3.8, 4) is 10.7 Å². The molecule has 0 aromatic carbocycles. The number of ketones is 1. The van der Waals surface area contributed by atoms with Crippen LogP contribution in [0.5, 0.6) is 0 Å². The third-order valence-electron chi connectivity index (χ3n) is 3.45. The number of Topliss-reactive ketones (excluding diaryl/α,β-unsaturated/α-hetero) is 1. The molecule has 25 heavy (non-hydrogen) atoms. The number of amides is 1. The Balaban J connectivity index is 1.71. The minimum Gasteiger partial charge on any atom is -0.317 e. The molecule has 130 valence electrons. The number of aromatic nitrogens is 6. The van der Waals surface area contributed by atoms with E-state index in [0.29, 0.717) is 16.4 Å². The van der Waals surface area contributed by atoms with Crippen molar-refractivity contribution in [2.24, 2.45) is 5.41 Å². The van der Waals surface area contributed by atoms with E-state index in [1.165, 1.54) is 28.4 Å². The van der Waals surface area contributed by atoms with Crippen LogP contribution < -0.4 is 5.32 Å². The average Bonchev–Trinajstić information content (AvgIpc) is 3.27. The standard InChI is InChI=1S/C15H17N7O2S/c1-15(2,3)11(23)8-22-7-10(19-21-22)13(24)18-9-6-17-20-12(9)14-16-4-5-25-14/h4-7H,8H2,1-3H3,(H,17,20)(H,18,24). The second-order valence-corrected chi connectivity index (χ2v) is 7.32. The van der Waals surface area contributed by atoms with E-state index >= 15 is 0 Å². The molecular weight excluding hydrogens is 342 g/mol. The largest absolute Gasteiger partial charge is 0.317 e. The Labute approximate surface area is 147 Å². The van der Waals surface area contributed by atoms with Gasteiger partial charge < -0.3 is 5.32 Å². The van der Waals surface area contributed by atoms with Crippen molar-refractivity contribution >= 4 is 28.7 Å². The number of rotatable bonds is 5. The van der Waals surface area contributed by atoms with E-state index in [2.05, 4.69) is 30.8 Å². The molecule has 0 fully saturated rings. The van der Waals surface area contributed by atoms with Gasteiger partial charge in [-0.2, -0.15) is 5.10 Å². The van der Waals surface area contributed by atoms with E-state index in [9.17, 15) is 9.59 Å². The van der Waals surface area contributed by atoms with Gasteiger partial charge >= 0.3 is 0 Å². The first-order valence-electron chi connectivity index (χ1n) is 7.52. The van der Waals surface area contributed by atoms with Crippen LogP contribution in [0, 0.1) is 5.41 Å². The van der Waals surface area contributed by atoms with Crippen LogP contribution in [0.4, 0.5) is 5.69 Å². The molecule has 3 aromatic heterocycles. The topological polar surface area (TPSA) is 118 Å². The van der Waals surface area contributed by atoms with Gasteiger partial charge in [-0.3, -0.25) is 14.7 Å². The van der Waals surface area contributed by atoms with Gasteiger partial charge in [-0.05, 0) is 0 Å². The molecule has 10 heteroatoms. The number of anilines is 1. The highest BCUT2D eigenvalue weighted by molar-refractivity contribution is 7.13. The van der Waals surface area contributed by atoms with E-state index in [1.807, 2.05) is 26.2 Å². The average molecular weight is 359 g/mol. The van der Waals surface area contributed by atoms with Crippen molar-refractivity contribution in [1.82, 2.24) is 30.2 Å². The Kier molecular flexibility index (Phi) is 4.45. The Morgan fingerprint density at radius 1 is 1.36 bits per heavy atom. The van der Waals surface area contributed by atoms with Crippen molar-refractivity contribution in [3.05, 3.63) is 29.7 Å². The molecule has 3 heterocycles. The molecule has 2 N–H and O–H groups in total. The summed E-state index contributed by atoms with van der Waals surface area (Å²) in [6, 6.07) is 0. The Bertz CT molecular complexity index is 889. The number of nitrogens with one attached hydrogen (secondary N) is 2. The fraction of sp³-hybridized carbons (Fsp3) is 0.333. The first kappa shape index (κ1) is 17.0. The van der Waals surface area contributed by atoms with Crippen molar-refractivity contribution in [2.45, 2.75) is 27.3 Å². The summed E-state index contributed by atoms with van der Waals surface area (Å²) in [5.41, 5.74) is 0.764. The monoisotopic (exact) mass is 359 g/mol. The number of H-pyrrole nitrogens is 1. The summed E-state index contributed by atoms with van der Waals surface area (Å²) in [5.74, 6) is -0.432. The fourth-order valence-corrected chi connectivity index (χ4v) is 2.59. The van der Waals surface area contributed by atoms with Crippen molar-refractivity contribution < 1.29 is 9.59 Å². The maximum absolute atomic E-state index is 12.4. The fourth-order valence-electron chi connectivity index (χ4n) is 1.94. The van der Waals surface area contributed by atoms with Crippen LogP contribution in [0.1, 0.15) is 31.3 Å². The number of thiazole rings is 1. The van der Waals surface area contributed by atoms with Gasteiger partial charge in [0.25, 0.3) is 5.91 Å². The van der Waals surface area contributed by atoms with Crippen LogP contribution in [-0.2, 0) is 11.3 Å². The van der Waals surface area contributed by atoms with E-state index in [1.54, 1.807) is 6.20 Å². The lowest BCUT2D eigenvalue weighted by molar-refractivity contribution is -0.127. The zero-order valence-electron chi connectivity index (χ0n) is 14.0. The molecule has 0 saturated heterocycles. The number of aromatic amines is 1. The normalized spacial score (nSPS) is 11.5. The van der Waals surface area contributed by atoms with Gasteiger partial charge in [-0.25, -0.2) is 9.67 Å². The smallest absolute Gasteiger partial charge is 0.277 e. The minimum atomic E-state index is -0.478. The Morgan fingerprint density at radius 3 is 2.84 bits per heavy atom. The van der Waals surface area contributed by atoms with Gasteiger partial charge in [0, 0.05) is 17.0 Å². The first-order chi connectivity index (χ1) is 11.8. The summed E-state index contributed by atoms with van der Waals surface area (Å²) < 4.78 is 1.36. The molecule has 3 rings (SSSR count). The van der Waals surface area contributed by atoms with E-state index in [0.717, 1.165) is 0 Å². The summed E-state index contributed by atoms with van der Waals surface area (Å²) in [6.07, 6.45) is 4.62. The summed E-state index contributed by atoms with van der Waals surface area (Å²) in [6.45, 7) is 5.57. The predicted octanol–water partition coefficient (Wildman–Crippen LogP) is 1.99. The maximum atomic E-state index is 12.4. The molecule has 0 bridgehead atoms. The molecule has 1 amide bonds. The Morgan fingerprint density at radius 2 is 2.16 bits per heavy atom. The van der Waals surface area contributed by atoms with E-state index in [4.69, 9.17) is 0 Å². The van der Waals surface area contributed by atoms with Crippen LogP contribution in [0.2, 0.25) is 0 Å². The third-order valence-corrected chi connectivity index (χ3v) is 4.24. The SMILES string of the molecule is CC(C)(C)C(=O)Cn1cc(C(=O)Nc2cn[nH]c2-c2nccs2)nn1. The summed E-state index contributed by atoms with van der Waals surface area (Å²) >= 11 is 1.43. The molecule has 0 spiro atoms. The van der Waals surface area contributed by atoms with Gasteiger partial charge in [0.05, 0.1) is 18.1 Å². The highest BCUT2D eigenvalue weighted by atomic mass is 32.1. The number of hydrogen-bond donors (Lipinski definition) is 2. The molecule has 0 atom stereocenters. The van der Waals surface area contributed by atoms with Crippen LogP contribution in [0.3, 0.4) is 0 Å². The van der Waals surface area contributed by atoms with Gasteiger partial charge in [-0.1, -0.05) is 26.0 Å². The second kappa shape index (κ2) is 6.55. The molecule has 0 saturated carbocycles. The van der Waals surface area contributed by atoms with Crippen LogP contribution in [0.15, 0.2) is 24.0 Å². The van der Waals surface area contributed by atoms with Crippen molar-refractivity contribution in [2.75, 3.05) is 5.32 Å². The van der Waals surface area contributed by atoms with Gasteiger partial charge in [0.1, 0.15) is 17.2 Å². The Hall–Kier alpha value is -2.88. The summed E-state index contributed by atoms with van der Waals surface area (Å²) in [4.78, 5) is 28.6. The lowest BCUT2D eigenvalue weighted by Crippen LogP contribution is -2.25. The molecule has 0 unspecified atom stereocenters. The van der Waals surface area contributed by atoms with Gasteiger partial charge in [0.15, 0.2) is 11.5 Å². The molecule has 9 nitrogen and oxygen atoms in total. The maximum Gasteiger partial charge on any atom is 0.277 e. The number of carbonyl (C=O) groups excluding carboxylic acids is 2. The lowest BCUT2D eigenvalue weighted by Gasteiger charge is -2.15. The summed E-state index contributed by atoms with van der Waals surface area (Å²) in [7, 11) is 0. The molecular formula is C15H17N7O2S. The second-order valence-electron chi connectivity index (χ2n) is 6.42. The quantitative estimate of drug-likeness (QED) is 0.719. The van der Waals surface area contributed by atoms with Crippen LogP contribution >= 0.6 is 11.3 Å². The van der Waals surface area contributed by atoms with Crippen molar-refractivity contribution in [1.29, 1.82) is 0 Å². The molecule has 3 aromatic rings. The van der Waals surface area contributed by atoms with Gasteiger partial charge in [-0.15, -0.1) is 16.4 Å². The van der Waals surface area contributed by atoms with E-state index in [-0.39, 0.29) is 18.0 Å². The third kappa shape index (κ3) is 3.79. The minimum absolute atomic E-state index is 0.00486. The molecule has 0 radical (unpaired) electrons. The molecule has 0 aliphatic carbocycles. The van der Waals surface area contributed by atoms with Gasteiger partial charge in [0.2, 0.25) is 0 Å². The van der Waals surface area contributed by atoms with Crippen LogP contribution in [-0.4, -0.2) is 41.9 Å². The zero-order valence-corrected chi connectivity index (χ0v) is 14.8. The van der Waals surface area contributed by atoms with E-state index < -0.39 is 11.3 Å². The lowest BCUT2D eigenvalue weighted by atomic mass is 9.91. The molecule has 0 aliphatic heterocycles. The molecule has 0 aliphatic rings. The highest BCUT2D eigenvalue weighted by Crippen LogP contribution is 2.27. The number of nitrogens with zero attached hydrogens (tertiary/aromatic N) is 5. The summed E-state index contributed by atoms with van der Waals surface area (Å²) in [5, 5.41) is 19.7. The first-order valence-corrected chi connectivity index (χ1v) is 8.40. The van der Waals surface area contributed by atoms with Crippen LogP contribution in [0.25, 0.3) is 10.7 Å². The number of hydrogen-bond acceptors (Lipinski definition) is 7. The predicted molar refractivity (Wildman–Crippen MR) is 92.1 cm³/mol. The highest BCUT2D eigenvalue weighted by Gasteiger charge is 2.23. The number of carbonyl (C=O) groups is 2. The van der Waals surface area contributed by atoms with Crippen molar-refractivity contribution in [3.63, 3.8) is 0 Å².